The maximum Gasteiger partial charge on any atom is 0.254 e. The Bertz CT molecular complexity index is 418. The van der Waals surface area contributed by atoms with Gasteiger partial charge in [0, 0.05) is 6.07 Å². The molecule has 1 amide bonds. The molecule has 1 rings (SSSR count). The van der Waals surface area contributed by atoms with Gasteiger partial charge in [0.15, 0.2) is 0 Å². The van der Waals surface area contributed by atoms with Crippen molar-refractivity contribution in [3.8, 4) is 5.75 Å². The van der Waals surface area contributed by atoms with Gasteiger partial charge in [-0.05, 0) is 26.0 Å². The molecule has 0 aliphatic carbocycles. The molecule has 0 bridgehead atoms. The highest BCUT2D eigenvalue weighted by atomic mass is 19.1. The fraction of sp³-hybridized carbons (Fsp3) is 0.417. The van der Waals surface area contributed by atoms with Crippen LogP contribution in [0.25, 0.3) is 0 Å². The molecule has 0 aliphatic rings. The van der Waals surface area contributed by atoms with Gasteiger partial charge in [-0.25, -0.2) is 4.39 Å². The van der Waals surface area contributed by atoms with E-state index < -0.39 is 17.3 Å². The van der Waals surface area contributed by atoms with Crippen molar-refractivity contribution in [1.82, 2.24) is 5.32 Å². The van der Waals surface area contributed by atoms with Crippen molar-refractivity contribution in [3.63, 3.8) is 0 Å². The molecule has 5 heteroatoms. The summed E-state index contributed by atoms with van der Waals surface area (Å²) in [5.74, 6) is -0.875. The molecule has 2 N–H and O–H groups in total. The number of benzene rings is 1. The van der Waals surface area contributed by atoms with Crippen LogP contribution < -0.4 is 10.1 Å². The zero-order valence-electron chi connectivity index (χ0n) is 10.1. The first kappa shape index (κ1) is 13.4. The summed E-state index contributed by atoms with van der Waals surface area (Å²) in [7, 11) is 1.42. The van der Waals surface area contributed by atoms with Gasteiger partial charge in [-0.15, -0.1) is 0 Å². The summed E-state index contributed by atoms with van der Waals surface area (Å²) in [6.45, 7) is 3.06. The summed E-state index contributed by atoms with van der Waals surface area (Å²) < 4.78 is 18.4. The van der Waals surface area contributed by atoms with Crippen LogP contribution in [-0.2, 0) is 0 Å². The van der Waals surface area contributed by atoms with E-state index in [1.807, 2.05) is 0 Å². The molecule has 0 heterocycles. The molecule has 0 saturated heterocycles. The summed E-state index contributed by atoms with van der Waals surface area (Å²) in [6, 6.07) is 3.99. The molecule has 0 saturated carbocycles. The van der Waals surface area contributed by atoms with Crippen LogP contribution in [0.5, 0.6) is 5.75 Å². The van der Waals surface area contributed by atoms with E-state index >= 15 is 0 Å². The lowest BCUT2D eigenvalue weighted by molar-refractivity contribution is 0.0865. The molecule has 0 atom stereocenters. The van der Waals surface area contributed by atoms with Crippen LogP contribution in [0, 0.1) is 5.82 Å². The van der Waals surface area contributed by atoms with Crippen molar-refractivity contribution < 1.29 is 19.0 Å². The largest absolute Gasteiger partial charge is 0.497 e. The summed E-state index contributed by atoms with van der Waals surface area (Å²) in [4.78, 5) is 11.7. The van der Waals surface area contributed by atoms with E-state index in [1.165, 1.54) is 19.2 Å². The van der Waals surface area contributed by atoms with E-state index in [-0.39, 0.29) is 12.2 Å². The van der Waals surface area contributed by atoms with Crippen molar-refractivity contribution in [1.29, 1.82) is 0 Å². The number of carbonyl (C=O) groups is 1. The van der Waals surface area contributed by atoms with Crippen molar-refractivity contribution in [2.75, 3.05) is 13.7 Å². The third-order valence-electron chi connectivity index (χ3n) is 2.27. The second-order valence-electron chi connectivity index (χ2n) is 4.34. The highest BCUT2D eigenvalue weighted by molar-refractivity contribution is 5.95. The number of carbonyl (C=O) groups excluding carboxylic acids is 1. The van der Waals surface area contributed by atoms with Gasteiger partial charge in [-0.1, -0.05) is 0 Å². The molecule has 1 aromatic carbocycles. The van der Waals surface area contributed by atoms with E-state index in [9.17, 15) is 9.18 Å². The van der Waals surface area contributed by atoms with Crippen LogP contribution in [0.2, 0.25) is 0 Å². The fourth-order valence-corrected chi connectivity index (χ4v) is 1.22. The number of halogens is 1. The molecule has 0 radical (unpaired) electrons. The van der Waals surface area contributed by atoms with Gasteiger partial charge < -0.3 is 15.2 Å². The average Bonchev–Trinajstić information content (AvgIpc) is 2.28. The van der Waals surface area contributed by atoms with Gasteiger partial charge in [-0.3, -0.25) is 4.79 Å². The summed E-state index contributed by atoms with van der Waals surface area (Å²) in [5, 5.41) is 11.5. The molecule has 0 aromatic heterocycles. The number of methoxy groups -OCH3 is 1. The second kappa shape index (κ2) is 5.14. The molecular weight excluding hydrogens is 225 g/mol. The van der Waals surface area contributed by atoms with E-state index in [2.05, 4.69) is 5.32 Å². The third-order valence-corrected chi connectivity index (χ3v) is 2.27. The minimum atomic E-state index is -0.788. The molecule has 0 fully saturated rings. The summed E-state index contributed by atoms with van der Waals surface area (Å²) in [6.07, 6.45) is 0. The molecule has 0 aliphatic heterocycles. The van der Waals surface area contributed by atoms with Crippen LogP contribution >= 0.6 is 0 Å². The Balaban J connectivity index is 2.90. The molecule has 0 unspecified atom stereocenters. The van der Waals surface area contributed by atoms with Crippen LogP contribution in [0.15, 0.2) is 18.2 Å². The Hall–Kier alpha value is -1.62. The summed E-state index contributed by atoms with van der Waals surface area (Å²) >= 11 is 0. The number of amides is 1. The van der Waals surface area contributed by atoms with Gasteiger partial charge in [0.2, 0.25) is 0 Å². The zero-order chi connectivity index (χ0) is 13.1. The quantitative estimate of drug-likeness (QED) is 0.836. The van der Waals surface area contributed by atoms with Crippen LogP contribution in [0.4, 0.5) is 4.39 Å². The van der Waals surface area contributed by atoms with Crippen molar-refractivity contribution in [3.05, 3.63) is 29.6 Å². The number of nitrogens with one attached hydrogen (secondary N) is 1. The Kier molecular flexibility index (Phi) is 4.07. The molecule has 17 heavy (non-hydrogen) atoms. The van der Waals surface area contributed by atoms with Gasteiger partial charge in [0.1, 0.15) is 11.6 Å². The standard InChI is InChI=1S/C12H16FNO3/c1-12(2,7-15)14-11(16)9-5-4-8(17-3)6-10(9)13/h4-6,15H,7H2,1-3H3,(H,14,16). The van der Waals surface area contributed by atoms with E-state index in [0.717, 1.165) is 6.07 Å². The van der Waals surface area contributed by atoms with Crippen molar-refractivity contribution >= 4 is 5.91 Å². The highest BCUT2D eigenvalue weighted by Gasteiger charge is 2.22. The summed E-state index contributed by atoms with van der Waals surface area (Å²) in [5.41, 5.74) is -0.865. The predicted molar refractivity (Wildman–Crippen MR) is 61.6 cm³/mol. The topological polar surface area (TPSA) is 58.6 Å². The minimum Gasteiger partial charge on any atom is -0.497 e. The van der Waals surface area contributed by atoms with E-state index in [1.54, 1.807) is 13.8 Å². The first-order valence-electron chi connectivity index (χ1n) is 5.16. The Morgan fingerprint density at radius 3 is 2.65 bits per heavy atom. The van der Waals surface area contributed by atoms with Gasteiger partial charge in [0.25, 0.3) is 5.91 Å². The SMILES string of the molecule is COc1ccc(C(=O)NC(C)(C)CO)c(F)c1. The predicted octanol–water partition coefficient (Wildman–Crippen LogP) is 1.33. The monoisotopic (exact) mass is 241 g/mol. The van der Waals surface area contributed by atoms with Crippen LogP contribution in [0.3, 0.4) is 0 Å². The van der Waals surface area contributed by atoms with Crippen molar-refractivity contribution in [2.24, 2.45) is 0 Å². The average molecular weight is 241 g/mol. The molecule has 4 nitrogen and oxygen atoms in total. The van der Waals surface area contributed by atoms with Crippen LogP contribution in [0.1, 0.15) is 24.2 Å². The van der Waals surface area contributed by atoms with Gasteiger partial charge in [-0.2, -0.15) is 0 Å². The number of rotatable bonds is 4. The Morgan fingerprint density at radius 2 is 2.18 bits per heavy atom. The normalized spacial score (nSPS) is 11.1. The zero-order valence-corrected chi connectivity index (χ0v) is 10.1. The maximum absolute atomic E-state index is 13.6. The first-order valence-corrected chi connectivity index (χ1v) is 5.16. The van der Waals surface area contributed by atoms with E-state index in [0.29, 0.717) is 5.75 Å². The van der Waals surface area contributed by atoms with Crippen LogP contribution in [-0.4, -0.2) is 30.3 Å². The second-order valence-corrected chi connectivity index (χ2v) is 4.34. The molecule has 94 valence electrons. The number of hydrogen-bond donors (Lipinski definition) is 2. The number of aliphatic hydroxyl groups is 1. The Labute approximate surface area is 99.4 Å². The smallest absolute Gasteiger partial charge is 0.254 e. The van der Waals surface area contributed by atoms with Crippen molar-refractivity contribution in [2.45, 2.75) is 19.4 Å². The van der Waals surface area contributed by atoms with E-state index in [4.69, 9.17) is 9.84 Å². The number of hydrogen-bond acceptors (Lipinski definition) is 3. The molecular formula is C12H16FNO3. The molecule has 0 spiro atoms. The molecule has 1 aromatic rings. The lowest BCUT2D eigenvalue weighted by Crippen LogP contribution is -2.46. The number of aliphatic hydroxyl groups excluding tert-OH is 1. The van der Waals surface area contributed by atoms with Gasteiger partial charge >= 0.3 is 0 Å². The lowest BCUT2D eigenvalue weighted by atomic mass is 10.1. The first-order chi connectivity index (χ1) is 7.89. The maximum atomic E-state index is 13.6. The lowest BCUT2D eigenvalue weighted by Gasteiger charge is -2.23. The number of ether oxygens (including phenoxy) is 1. The third kappa shape index (κ3) is 3.42. The Morgan fingerprint density at radius 1 is 1.53 bits per heavy atom. The highest BCUT2D eigenvalue weighted by Crippen LogP contribution is 2.16. The minimum absolute atomic E-state index is 0.0766. The van der Waals surface area contributed by atoms with Gasteiger partial charge in [0.05, 0.1) is 24.8 Å². The fourth-order valence-electron chi connectivity index (χ4n) is 1.22.